The molecule has 0 heterocycles. The first kappa shape index (κ1) is 10.1. The lowest BCUT2D eigenvalue weighted by Gasteiger charge is -2.01. The van der Waals surface area contributed by atoms with Crippen LogP contribution >= 0.6 is 0 Å². The molecule has 7 nitrogen and oxygen atoms in total. The largest absolute Gasteiger partial charge is 0.549 e. The summed E-state index contributed by atoms with van der Waals surface area (Å²) in [5, 5.41) is 17.6. The van der Waals surface area contributed by atoms with E-state index in [0.717, 1.165) is 0 Å². The van der Waals surface area contributed by atoms with E-state index in [1.165, 1.54) is 12.1 Å². The van der Waals surface area contributed by atoms with Gasteiger partial charge in [-0.25, -0.2) is 5.26 Å². The van der Waals surface area contributed by atoms with Crippen molar-refractivity contribution in [1.29, 1.82) is 5.39 Å². The number of diazo groups is 1. The summed E-state index contributed by atoms with van der Waals surface area (Å²) in [4.78, 5) is 21.3. The van der Waals surface area contributed by atoms with Gasteiger partial charge in [-0.05, 0) is 12.1 Å². The van der Waals surface area contributed by atoms with E-state index in [0.29, 0.717) is 0 Å². The lowest BCUT2D eigenvalue weighted by atomic mass is 10.1. The molecule has 0 spiro atoms. The van der Waals surface area contributed by atoms with Crippen LogP contribution in [0.15, 0.2) is 24.3 Å². The molecule has 0 saturated heterocycles. The number of carbonyl (C=O) groups excluding carboxylic acids is 1. The van der Waals surface area contributed by atoms with Gasteiger partial charge in [-0.15, -0.1) is 4.89 Å². The minimum atomic E-state index is -2.25. The molecule has 1 aliphatic rings. The lowest BCUT2D eigenvalue weighted by molar-refractivity contribution is -0.300. The number of nitrogens with zero attached hydrogens (tertiary/aromatic N) is 4. The monoisotopic (exact) mass is 217 g/mol. The molecule has 1 aromatic rings. The van der Waals surface area contributed by atoms with Crippen LogP contribution in [0.3, 0.4) is 0 Å². The van der Waals surface area contributed by atoms with E-state index >= 15 is 0 Å². The maximum Gasteiger partial charge on any atom is 0.549 e. The molecule has 0 radical (unpaired) electrons. The highest BCUT2D eigenvalue weighted by molar-refractivity contribution is 6.50. The third-order valence-corrected chi connectivity index (χ3v) is 2.44. The number of Topliss-reactive ketones (excluding diaryl/α,β-unsaturated/α-hetero) is 1. The van der Waals surface area contributed by atoms with Crippen molar-refractivity contribution in [3.05, 3.63) is 45.9 Å². The topological polar surface area (TPSA) is 111 Å². The third-order valence-electron chi connectivity index (χ3n) is 2.44. The van der Waals surface area contributed by atoms with Crippen molar-refractivity contribution in [2.24, 2.45) is 0 Å². The molecule has 1 aliphatic carbocycles. The molecule has 2 rings (SSSR count). The molecular formula is C9H5N4O3+. The molecule has 0 aliphatic heterocycles. The Labute approximate surface area is 89.1 Å². The Morgan fingerprint density at radius 3 is 2.69 bits per heavy atom. The number of ketones is 1. The maximum atomic E-state index is 11.7. The average Bonchev–Trinajstić information content (AvgIpc) is 2.58. The summed E-state index contributed by atoms with van der Waals surface area (Å²) in [6.07, 6.45) is 0. The van der Waals surface area contributed by atoms with Gasteiger partial charge in [-0.3, -0.25) is 4.79 Å². The van der Waals surface area contributed by atoms with Gasteiger partial charge in [0.25, 0.3) is 0 Å². The smallest absolute Gasteiger partial charge is 0.361 e. The van der Waals surface area contributed by atoms with Gasteiger partial charge in [0, 0.05) is 0 Å². The lowest BCUT2D eigenvalue weighted by Crippen LogP contribution is -2.33. The Morgan fingerprint density at radius 2 is 2.12 bits per heavy atom. The van der Waals surface area contributed by atoms with Gasteiger partial charge in [0.15, 0.2) is 4.98 Å². The summed E-state index contributed by atoms with van der Waals surface area (Å²) >= 11 is 0. The van der Waals surface area contributed by atoms with Crippen LogP contribution in [-0.2, 0) is 15.4 Å². The summed E-state index contributed by atoms with van der Waals surface area (Å²) < 4.78 is 0. The second-order valence-electron chi connectivity index (χ2n) is 3.16. The second-order valence-corrected chi connectivity index (χ2v) is 3.16. The summed E-state index contributed by atoms with van der Waals surface area (Å²) in [5.74, 6) is -0.943. The number of hydrogen-bond donors (Lipinski definition) is 1. The summed E-state index contributed by atoms with van der Waals surface area (Å²) in [5.41, 5.74) is 6.48. The minimum absolute atomic E-state index is 0.109. The molecule has 0 amide bonds. The van der Waals surface area contributed by atoms with Gasteiger partial charge in [-0.1, -0.05) is 12.1 Å². The van der Waals surface area contributed by atoms with Gasteiger partial charge in [0.05, 0.1) is 5.56 Å². The minimum Gasteiger partial charge on any atom is -0.361 e. The zero-order valence-electron chi connectivity index (χ0n) is 7.86. The van der Waals surface area contributed by atoms with E-state index in [4.69, 9.17) is 16.2 Å². The first-order valence-corrected chi connectivity index (χ1v) is 4.27. The Kier molecular flexibility index (Phi) is 2.11. The molecule has 0 fully saturated rings. The molecule has 0 bridgehead atoms. The zero-order chi connectivity index (χ0) is 11.8. The van der Waals surface area contributed by atoms with Crippen molar-refractivity contribution in [2.45, 2.75) is 5.72 Å². The maximum absolute atomic E-state index is 11.7. The van der Waals surface area contributed by atoms with Gasteiger partial charge in [0.1, 0.15) is 5.56 Å². The van der Waals surface area contributed by atoms with Crippen LogP contribution in [-0.4, -0.2) is 21.5 Å². The number of hydrogen-bond acceptors (Lipinski definition) is 4. The van der Waals surface area contributed by atoms with Crippen molar-refractivity contribution in [3.63, 3.8) is 0 Å². The Hall–Kier alpha value is -2.39. The molecule has 0 saturated carbocycles. The second kappa shape index (κ2) is 3.32. The van der Waals surface area contributed by atoms with E-state index in [9.17, 15) is 4.79 Å². The van der Waals surface area contributed by atoms with Crippen LogP contribution in [0.2, 0.25) is 0 Å². The molecule has 1 N–H and O–H groups in total. The molecule has 78 valence electrons. The molecule has 0 aromatic heterocycles. The number of benzene rings is 1. The quantitative estimate of drug-likeness (QED) is 0.246. The predicted octanol–water partition coefficient (Wildman–Crippen LogP) is 0.784. The van der Waals surface area contributed by atoms with Crippen molar-refractivity contribution in [3.8, 4) is 0 Å². The average molecular weight is 217 g/mol. The number of carbonyl (C=O) groups is 1. The van der Waals surface area contributed by atoms with E-state index in [1.807, 2.05) is 0 Å². The fraction of sp³-hybridized carbons (Fsp3) is 0.111. The van der Waals surface area contributed by atoms with Crippen LogP contribution < -0.4 is 0 Å². The van der Waals surface area contributed by atoms with Gasteiger partial charge in [0.2, 0.25) is 5.39 Å². The summed E-state index contributed by atoms with van der Waals surface area (Å²) in [6.45, 7) is 0. The van der Waals surface area contributed by atoms with E-state index < -0.39 is 11.5 Å². The van der Waals surface area contributed by atoms with Crippen molar-refractivity contribution < 1.29 is 19.7 Å². The molecule has 1 aromatic carbocycles. The molecule has 1 atom stereocenters. The zero-order valence-corrected chi connectivity index (χ0v) is 7.86. The first-order valence-electron chi connectivity index (χ1n) is 4.27. The summed E-state index contributed by atoms with van der Waals surface area (Å²) in [6, 6.07) is 6.06. The first-order chi connectivity index (χ1) is 7.71. The van der Waals surface area contributed by atoms with Gasteiger partial charge in [-0.2, -0.15) is 4.79 Å². The van der Waals surface area contributed by atoms with Crippen LogP contribution in [0, 0.1) is 5.39 Å². The molecule has 1 unspecified atom stereocenters. The van der Waals surface area contributed by atoms with Crippen molar-refractivity contribution >= 4 is 11.5 Å². The van der Waals surface area contributed by atoms with Crippen LogP contribution in [0.5, 0.6) is 0 Å². The van der Waals surface area contributed by atoms with Crippen molar-refractivity contribution in [2.75, 3.05) is 0 Å². The predicted molar refractivity (Wildman–Crippen MR) is 49.7 cm³/mol. The highest BCUT2D eigenvalue weighted by atomic mass is 17.1. The van der Waals surface area contributed by atoms with Gasteiger partial charge >= 0.3 is 17.2 Å². The molecule has 7 heteroatoms. The Bertz CT molecular complexity index is 570. The van der Waals surface area contributed by atoms with Crippen molar-refractivity contribution in [1.82, 2.24) is 0 Å². The highest BCUT2D eigenvalue weighted by Crippen LogP contribution is 2.37. The van der Waals surface area contributed by atoms with E-state index in [-0.39, 0.29) is 16.8 Å². The molecular weight excluding hydrogens is 212 g/mol. The van der Waals surface area contributed by atoms with E-state index in [1.54, 1.807) is 12.1 Å². The van der Waals surface area contributed by atoms with Crippen LogP contribution in [0.4, 0.5) is 0 Å². The normalized spacial score (nSPS) is 22.5. The number of fused-ring (bicyclic) bond motifs is 1. The highest BCUT2D eigenvalue weighted by Gasteiger charge is 2.69. The SMILES string of the molecule is N#[N+]C1(OO)C(=O)C(=[N+]=[N-])c2ccccc21. The Morgan fingerprint density at radius 1 is 1.44 bits per heavy atom. The van der Waals surface area contributed by atoms with Crippen LogP contribution in [0.25, 0.3) is 10.5 Å². The van der Waals surface area contributed by atoms with Gasteiger partial charge < -0.3 is 5.53 Å². The fourth-order valence-electron chi connectivity index (χ4n) is 1.70. The molecule has 16 heavy (non-hydrogen) atoms. The summed E-state index contributed by atoms with van der Waals surface area (Å²) in [7, 11) is 0. The van der Waals surface area contributed by atoms with E-state index in [2.05, 4.69) is 14.7 Å². The fourth-order valence-corrected chi connectivity index (χ4v) is 1.70. The third kappa shape index (κ3) is 0.975. The Balaban J connectivity index is 2.85. The number of rotatable bonds is 1. The van der Waals surface area contributed by atoms with Crippen LogP contribution in [0.1, 0.15) is 11.1 Å². The standard InChI is InChI=1S/C9H4N4O3/c10-12-7-5-3-1-2-4-6(5)9(13-11,16-15)8(7)14/h1-4H/p+1.